The number of hydrogen-bond acceptors (Lipinski definition) is 2. The monoisotopic (exact) mass is 348 g/mol. The van der Waals surface area contributed by atoms with Gasteiger partial charge in [-0.3, -0.25) is 0 Å². The number of benzene rings is 1. The van der Waals surface area contributed by atoms with Crippen LogP contribution in [0.1, 0.15) is 10.4 Å². The van der Waals surface area contributed by atoms with Crippen molar-refractivity contribution in [2.75, 3.05) is 0 Å². The lowest BCUT2D eigenvalue weighted by molar-refractivity contribution is 0.175. The molecule has 0 aliphatic carbocycles. The highest BCUT2D eigenvalue weighted by atomic mass is 79.9. The molecule has 0 bridgehead atoms. The Morgan fingerprint density at radius 1 is 1.33 bits per heavy atom. The molecule has 18 heavy (non-hydrogen) atoms. The van der Waals surface area contributed by atoms with Crippen molar-refractivity contribution < 1.29 is 9.50 Å². The van der Waals surface area contributed by atoms with Crippen molar-refractivity contribution in [2.45, 2.75) is 18.9 Å². The predicted octanol–water partition coefficient (Wildman–Crippen LogP) is 4.45. The van der Waals surface area contributed by atoms with E-state index in [0.717, 1.165) is 9.35 Å². The summed E-state index contributed by atoms with van der Waals surface area (Å²) < 4.78 is 14.5. The fourth-order valence-corrected chi connectivity index (χ4v) is 3.55. The third-order valence-electron chi connectivity index (χ3n) is 2.61. The highest BCUT2D eigenvalue weighted by Crippen LogP contribution is 2.26. The van der Waals surface area contributed by atoms with E-state index in [-0.39, 0.29) is 12.2 Å². The number of halogens is 3. The Morgan fingerprint density at radius 2 is 2.11 bits per heavy atom. The van der Waals surface area contributed by atoms with Crippen LogP contribution in [0.25, 0.3) is 0 Å². The smallest absolute Gasteiger partial charge is 0.127 e. The molecule has 5 heteroatoms. The van der Waals surface area contributed by atoms with Crippen LogP contribution in [-0.4, -0.2) is 11.2 Å². The molecule has 2 aromatic rings. The van der Waals surface area contributed by atoms with Crippen LogP contribution >= 0.6 is 38.9 Å². The van der Waals surface area contributed by atoms with Crippen LogP contribution in [0.3, 0.4) is 0 Å². The molecule has 0 aliphatic rings. The molecular weight excluding hydrogens is 339 g/mol. The first-order valence-corrected chi connectivity index (χ1v) is 7.46. The minimum absolute atomic E-state index is 0.218. The minimum atomic E-state index is -0.644. The largest absolute Gasteiger partial charge is 0.392 e. The van der Waals surface area contributed by atoms with Crippen LogP contribution in [0.4, 0.5) is 4.39 Å². The third kappa shape index (κ3) is 3.32. The molecule has 1 aromatic heterocycles. The van der Waals surface area contributed by atoms with Gasteiger partial charge in [-0.05, 0) is 39.5 Å². The van der Waals surface area contributed by atoms with Crippen LogP contribution in [0, 0.1) is 5.82 Å². The van der Waals surface area contributed by atoms with E-state index in [0.29, 0.717) is 17.0 Å². The second-order valence-corrected chi connectivity index (χ2v) is 6.22. The topological polar surface area (TPSA) is 20.2 Å². The first-order valence-electron chi connectivity index (χ1n) is 5.40. The van der Waals surface area contributed by atoms with Crippen molar-refractivity contribution in [3.63, 3.8) is 0 Å². The standard InChI is InChI=1S/C13H11BrClFOS/c14-10-4-5-18-13(10)7-8(17)6-9-11(15)2-1-3-12(9)16/h1-5,8,17H,6-7H2. The van der Waals surface area contributed by atoms with E-state index < -0.39 is 6.10 Å². The number of thiophene rings is 1. The summed E-state index contributed by atoms with van der Waals surface area (Å²) in [6.07, 6.45) is 0.0630. The Labute approximate surface area is 122 Å². The summed E-state index contributed by atoms with van der Waals surface area (Å²) in [6.45, 7) is 0. The fraction of sp³-hybridized carbons (Fsp3) is 0.231. The molecule has 1 heterocycles. The normalized spacial score (nSPS) is 12.7. The molecule has 0 spiro atoms. The molecule has 0 fully saturated rings. The van der Waals surface area contributed by atoms with Crippen LogP contribution in [0.5, 0.6) is 0 Å². The van der Waals surface area contributed by atoms with Gasteiger partial charge in [0.15, 0.2) is 0 Å². The fourth-order valence-electron chi connectivity index (χ4n) is 1.72. The van der Waals surface area contributed by atoms with Crippen molar-refractivity contribution in [1.82, 2.24) is 0 Å². The van der Waals surface area contributed by atoms with Crippen molar-refractivity contribution in [3.05, 3.63) is 55.4 Å². The molecule has 1 atom stereocenters. The number of aliphatic hydroxyl groups excluding tert-OH is 1. The van der Waals surface area contributed by atoms with Gasteiger partial charge in [0.05, 0.1) is 6.10 Å². The van der Waals surface area contributed by atoms with E-state index in [9.17, 15) is 9.50 Å². The maximum absolute atomic E-state index is 13.6. The van der Waals surface area contributed by atoms with Crippen LogP contribution in [-0.2, 0) is 12.8 Å². The predicted molar refractivity (Wildman–Crippen MR) is 76.8 cm³/mol. The molecule has 96 valence electrons. The molecule has 0 radical (unpaired) electrons. The molecule has 0 saturated carbocycles. The lowest BCUT2D eigenvalue weighted by atomic mass is 10.0. The molecule has 1 unspecified atom stereocenters. The first kappa shape index (κ1) is 14.0. The summed E-state index contributed by atoms with van der Waals surface area (Å²) >= 11 is 10.9. The maximum Gasteiger partial charge on any atom is 0.127 e. The second kappa shape index (κ2) is 6.15. The summed E-state index contributed by atoms with van der Waals surface area (Å²) in [5.41, 5.74) is 0.374. The lowest BCUT2D eigenvalue weighted by Crippen LogP contribution is -2.14. The van der Waals surface area contributed by atoms with Gasteiger partial charge in [0.1, 0.15) is 5.82 Å². The second-order valence-electron chi connectivity index (χ2n) is 3.95. The lowest BCUT2D eigenvalue weighted by Gasteiger charge is -2.12. The minimum Gasteiger partial charge on any atom is -0.392 e. The first-order chi connectivity index (χ1) is 8.58. The van der Waals surface area contributed by atoms with Gasteiger partial charge in [-0.25, -0.2) is 4.39 Å². The third-order valence-corrected chi connectivity index (χ3v) is 4.92. The zero-order chi connectivity index (χ0) is 13.1. The number of rotatable bonds is 4. The van der Waals surface area contributed by atoms with Gasteiger partial charge < -0.3 is 5.11 Å². The molecule has 0 aliphatic heterocycles. The van der Waals surface area contributed by atoms with E-state index in [1.165, 1.54) is 6.07 Å². The highest BCUT2D eigenvalue weighted by molar-refractivity contribution is 9.10. The van der Waals surface area contributed by atoms with Gasteiger partial charge >= 0.3 is 0 Å². The van der Waals surface area contributed by atoms with Gasteiger partial charge in [0, 0.05) is 32.8 Å². The van der Waals surface area contributed by atoms with E-state index in [4.69, 9.17) is 11.6 Å². The Hall–Kier alpha value is -0.420. The molecular formula is C13H11BrClFOS. The highest BCUT2D eigenvalue weighted by Gasteiger charge is 2.15. The molecule has 0 saturated heterocycles. The van der Waals surface area contributed by atoms with Gasteiger partial charge in [0.2, 0.25) is 0 Å². The summed E-state index contributed by atoms with van der Waals surface area (Å²) in [7, 11) is 0. The Morgan fingerprint density at radius 3 is 2.72 bits per heavy atom. The average Bonchev–Trinajstić information content (AvgIpc) is 2.70. The molecule has 0 amide bonds. The van der Waals surface area contributed by atoms with E-state index in [1.807, 2.05) is 11.4 Å². The SMILES string of the molecule is OC(Cc1sccc1Br)Cc1c(F)cccc1Cl. The quantitative estimate of drug-likeness (QED) is 0.864. The van der Waals surface area contributed by atoms with E-state index in [2.05, 4.69) is 15.9 Å². The van der Waals surface area contributed by atoms with Crippen molar-refractivity contribution >= 4 is 38.9 Å². The Bertz CT molecular complexity index is 523. The zero-order valence-electron chi connectivity index (χ0n) is 9.37. The van der Waals surface area contributed by atoms with Gasteiger partial charge in [-0.2, -0.15) is 0 Å². The summed E-state index contributed by atoms with van der Waals surface area (Å²) in [5, 5.41) is 12.3. The van der Waals surface area contributed by atoms with Gasteiger partial charge in [0.25, 0.3) is 0 Å². The molecule has 2 rings (SSSR count). The summed E-state index contributed by atoms with van der Waals surface area (Å²) in [6, 6.07) is 6.48. The summed E-state index contributed by atoms with van der Waals surface area (Å²) in [5.74, 6) is -0.369. The Balaban J connectivity index is 2.08. The average molecular weight is 350 g/mol. The van der Waals surface area contributed by atoms with Crippen LogP contribution < -0.4 is 0 Å². The van der Waals surface area contributed by atoms with Gasteiger partial charge in [-0.15, -0.1) is 11.3 Å². The molecule has 1 nitrogen and oxygen atoms in total. The van der Waals surface area contributed by atoms with Crippen LogP contribution in [0.2, 0.25) is 5.02 Å². The number of aliphatic hydroxyl groups is 1. The zero-order valence-corrected chi connectivity index (χ0v) is 12.5. The number of hydrogen-bond donors (Lipinski definition) is 1. The maximum atomic E-state index is 13.6. The molecule has 1 aromatic carbocycles. The van der Waals surface area contributed by atoms with Gasteiger partial charge in [-0.1, -0.05) is 17.7 Å². The van der Waals surface area contributed by atoms with E-state index >= 15 is 0 Å². The molecule has 1 N–H and O–H groups in total. The van der Waals surface area contributed by atoms with Crippen molar-refractivity contribution in [3.8, 4) is 0 Å². The van der Waals surface area contributed by atoms with Crippen LogP contribution in [0.15, 0.2) is 34.1 Å². The van der Waals surface area contributed by atoms with Crippen molar-refractivity contribution in [1.29, 1.82) is 0 Å². The van der Waals surface area contributed by atoms with Crippen molar-refractivity contribution in [2.24, 2.45) is 0 Å². The van der Waals surface area contributed by atoms with E-state index in [1.54, 1.807) is 23.5 Å². The summed E-state index contributed by atoms with van der Waals surface area (Å²) in [4.78, 5) is 1.05. The Kier molecular flexibility index (Phi) is 4.78.